The van der Waals surface area contributed by atoms with E-state index in [9.17, 15) is 4.79 Å². The molecule has 0 atom stereocenters. The van der Waals surface area contributed by atoms with Crippen molar-refractivity contribution < 1.29 is 9.32 Å². The smallest absolute Gasteiger partial charge is 0.266 e. The molecule has 0 spiro atoms. The van der Waals surface area contributed by atoms with Gasteiger partial charge in [0.25, 0.3) is 5.91 Å². The lowest BCUT2D eigenvalue weighted by atomic mass is 10.0. The van der Waals surface area contributed by atoms with Gasteiger partial charge in [0.1, 0.15) is 17.0 Å². The topological polar surface area (TPSA) is 59.2 Å². The zero-order valence-corrected chi connectivity index (χ0v) is 20.6. The van der Waals surface area contributed by atoms with Crippen molar-refractivity contribution >= 4 is 44.2 Å². The molecule has 1 amide bonds. The van der Waals surface area contributed by atoms with Crippen LogP contribution in [0, 0.1) is 20.8 Å². The number of halogens is 1. The summed E-state index contributed by atoms with van der Waals surface area (Å²) in [4.78, 5) is 20.7. The van der Waals surface area contributed by atoms with Crippen LogP contribution in [-0.4, -0.2) is 16.0 Å². The second-order valence-electron chi connectivity index (χ2n) is 8.25. The molecule has 2 heterocycles. The van der Waals surface area contributed by atoms with Crippen molar-refractivity contribution in [3.05, 3.63) is 99.8 Å². The molecule has 7 heteroatoms. The highest BCUT2D eigenvalue weighted by Gasteiger charge is 2.30. The Balaban J connectivity index is 1.65. The molecule has 2 aromatic heterocycles. The molecule has 5 nitrogen and oxygen atoms in total. The third-order valence-corrected chi connectivity index (χ3v) is 7.23. The molecule has 0 aliphatic carbocycles. The number of aromatic nitrogens is 2. The predicted octanol–water partition coefficient (Wildman–Crippen LogP) is 7.38. The van der Waals surface area contributed by atoms with Crippen molar-refractivity contribution in [3.63, 3.8) is 0 Å². The van der Waals surface area contributed by atoms with Crippen LogP contribution in [0.15, 0.2) is 71.3 Å². The molecule has 0 aliphatic heterocycles. The van der Waals surface area contributed by atoms with Gasteiger partial charge in [0.15, 0.2) is 5.13 Å². The lowest BCUT2D eigenvalue weighted by Gasteiger charge is -2.20. The summed E-state index contributed by atoms with van der Waals surface area (Å²) in [6.45, 7) is 6.23. The van der Waals surface area contributed by atoms with E-state index in [1.54, 1.807) is 17.9 Å². The number of carbonyl (C=O) groups is 1. The average molecular weight is 488 g/mol. The summed E-state index contributed by atoms with van der Waals surface area (Å²) in [7, 11) is 0. The number of nitrogens with zero attached hydrogens (tertiary/aromatic N) is 3. The third-order valence-electron chi connectivity index (χ3n) is 5.67. The maximum absolute atomic E-state index is 14.1. The molecule has 0 radical (unpaired) electrons. The number of fused-ring (bicyclic) bond motifs is 1. The van der Waals surface area contributed by atoms with Crippen LogP contribution in [0.1, 0.15) is 32.8 Å². The Hall–Kier alpha value is -3.48. The molecule has 0 aliphatic rings. The van der Waals surface area contributed by atoms with Crippen LogP contribution in [0.25, 0.3) is 21.5 Å². The van der Waals surface area contributed by atoms with Crippen LogP contribution in [0.2, 0.25) is 5.02 Å². The van der Waals surface area contributed by atoms with Crippen molar-refractivity contribution in [2.24, 2.45) is 0 Å². The zero-order chi connectivity index (χ0) is 23.8. The van der Waals surface area contributed by atoms with E-state index in [0.29, 0.717) is 39.3 Å². The molecular weight excluding hydrogens is 466 g/mol. The summed E-state index contributed by atoms with van der Waals surface area (Å²) in [5.41, 5.74) is 5.63. The van der Waals surface area contributed by atoms with Gasteiger partial charge in [0, 0.05) is 5.56 Å². The fraction of sp³-hybridized carbons (Fsp3) is 0.148. The first-order chi connectivity index (χ1) is 16.4. The summed E-state index contributed by atoms with van der Waals surface area (Å²) < 4.78 is 6.55. The van der Waals surface area contributed by atoms with E-state index in [2.05, 4.69) is 25.1 Å². The standard InChI is InChI=1S/C27H22ClN3O2S/c1-16-13-17(2)25-22(14-16)29-27(34-25)31(15-19-9-5-4-6-10-19)26(32)23-18(3)33-30-24(23)20-11-7-8-12-21(20)28/h4-14H,15H2,1-3H3. The van der Waals surface area contributed by atoms with Crippen molar-refractivity contribution in [2.75, 3.05) is 4.90 Å². The Kier molecular flexibility index (Phi) is 5.94. The SMILES string of the molecule is Cc1cc(C)c2sc(N(Cc3ccccc3)C(=O)c3c(-c4ccccc4Cl)noc3C)nc2c1. The maximum Gasteiger partial charge on any atom is 0.266 e. The first-order valence-corrected chi connectivity index (χ1v) is 12.1. The quantitative estimate of drug-likeness (QED) is 0.259. The van der Waals surface area contributed by atoms with Crippen LogP contribution in [0.4, 0.5) is 5.13 Å². The highest BCUT2D eigenvalue weighted by Crippen LogP contribution is 2.36. The van der Waals surface area contributed by atoms with Crippen LogP contribution >= 0.6 is 22.9 Å². The van der Waals surface area contributed by atoms with Crippen molar-refractivity contribution in [2.45, 2.75) is 27.3 Å². The van der Waals surface area contributed by atoms with E-state index in [1.807, 2.05) is 54.6 Å². The maximum atomic E-state index is 14.1. The summed E-state index contributed by atoms with van der Waals surface area (Å²) in [5.74, 6) is 0.206. The number of aryl methyl sites for hydroxylation is 3. The lowest BCUT2D eigenvalue weighted by Crippen LogP contribution is -2.31. The van der Waals surface area contributed by atoms with Gasteiger partial charge in [-0.1, -0.05) is 82.7 Å². The molecule has 0 N–H and O–H groups in total. The molecule has 5 rings (SSSR count). The molecule has 0 saturated carbocycles. The van der Waals surface area contributed by atoms with Crippen molar-refractivity contribution in [3.8, 4) is 11.3 Å². The van der Waals surface area contributed by atoms with Crippen LogP contribution in [0.5, 0.6) is 0 Å². The van der Waals surface area contributed by atoms with Crippen LogP contribution in [0.3, 0.4) is 0 Å². The normalized spacial score (nSPS) is 11.2. The zero-order valence-electron chi connectivity index (χ0n) is 19.0. The Bertz CT molecular complexity index is 1510. The fourth-order valence-corrected chi connectivity index (χ4v) is 5.31. The number of rotatable bonds is 5. The van der Waals surface area contributed by atoms with Gasteiger partial charge in [0.2, 0.25) is 0 Å². The Morgan fingerprint density at radius 2 is 1.76 bits per heavy atom. The van der Waals surface area contributed by atoms with E-state index in [1.165, 1.54) is 11.3 Å². The van der Waals surface area contributed by atoms with E-state index < -0.39 is 0 Å². The number of benzene rings is 3. The minimum atomic E-state index is -0.231. The van der Waals surface area contributed by atoms with Gasteiger partial charge in [0.05, 0.1) is 21.8 Å². The Morgan fingerprint density at radius 1 is 1.03 bits per heavy atom. The summed E-state index contributed by atoms with van der Waals surface area (Å²) in [6.07, 6.45) is 0. The molecule has 3 aromatic carbocycles. The largest absolute Gasteiger partial charge is 0.360 e. The van der Waals surface area contributed by atoms with Crippen LogP contribution < -0.4 is 4.90 Å². The predicted molar refractivity (Wildman–Crippen MR) is 138 cm³/mol. The van der Waals surface area contributed by atoms with E-state index in [-0.39, 0.29) is 5.91 Å². The molecule has 0 fully saturated rings. The highest BCUT2D eigenvalue weighted by molar-refractivity contribution is 7.22. The van der Waals surface area contributed by atoms with E-state index in [0.717, 1.165) is 26.9 Å². The minimum Gasteiger partial charge on any atom is -0.360 e. The fourth-order valence-electron chi connectivity index (χ4n) is 4.07. The van der Waals surface area contributed by atoms with E-state index in [4.69, 9.17) is 21.1 Å². The van der Waals surface area contributed by atoms with Crippen molar-refractivity contribution in [1.29, 1.82) is 0 Å². The molecule has 0 saturated heterocycles. The Morgan fingerprint density at radius 3 is 2.53 bits per heavy atom. The van der Waals surface area contributed by atoms with Gasteiger partial charge in [-0.15, -0.1) is 0 Å². The average Bonchev–Trinajstić information content (AvgIpc) is 3.42. The molecule has 170 valence electrons. The summed E-state index contributed by atoms with van der Waals surface area (Å²) in [5, 5.41) is 5.33. The first kappa shape index (κ1) is 22.3. The van der Waals surface area contributed by atoms with E-state index >= 15 is 0 Å². The van der Waals surface area contributed by atoms with Gasteiger partial charge >= 0.3 is 0 Å². The molecule has 0 unspecified atom stereocenters. The number of hydrogen-bond donors (Lipinski definition) is 0. The highest BCUT2D eigenvalue weighted by atomic mass is 35.5. The Labute approximate surface area is 206 Å². The second-order valence-corrected chi connectivity index (χ2v) is 9.63. The number of hydrogen-bond acceptors (Lipinski definition) is 5. The third kappa shape index (κ3) is 4.11. The number of anilines is 1. The van der Waals surface area contributed by atoms with Crippen molar-refractivity contribution in [1.82, 2.24) is 10.1 Å². The number of thiazole rings is 1. The summed E-state index contributed by atoms with van der Waals surface area (Å²) in [6, 6.07) is 21.4. The lowest BCUT2D eigenvalue weighted by molar-refractivity contribution is 0.0984. The molecule has 34 heavy (non-hydrogen) atoms. The molecule has 5 aromatic rings. The molecular formula is C27H22ClN3O2S. The van der Waals surface area contributed by atoms with Gasteiger partial charge in [-0.25, -0.2) is 4.98 Å². The van der Waals surface area contributed by atoms with Gasteiger partial charge in [-0.2, -0.15) is 0 Å². The molecule has 0 bridgehead atoms. The van der Waals surface area contributed by atoms with Gasteiger partial charge in [-0.05, 0) is 49.6 Å². The minimum absolute atomic E-state index is 0.231. The first-order valence-electron chi connectivity index (χ1n) is 10.9. The van der Waals surface area contributed by atoms with Gasteiger partial charge in [-0.3, -0.25) is 9.69 Å². The monoisotopic (exact) mass is 487 g/mol. The van der Waals surface area contributed by atoms with Crippen LogP contribution in [-0.2, 0) is 6.54 Å². The number of amides is 1. The second kappa shape index (κ2) is 9.05. The van der Waals surface area contributed by atoms with Gasteiger partial charge < -0.3 is 4.52 Å². The number of carbonyl (C=O) groups excluding carboxylic acids is 1. The summed E-state index contributed by atoms with van der Waals surface area (Å²) >= 11 is 7.95.